The molecule has 0 atom stereocenters. The first-order valence-corrected chi connectivity index (χ1v) is 9.65. The molecule has 0 saturated heterocycles. The second-order valence-electron chi connectivity index (χ2n) is 5.46. The van der Waals surface area contributed by atoms with Gasteiger partial charge in [-0.2, -0.15) is 0 Å². The number of ether oxygens (including phenoxy) is 1. The number of nitrogens with zero attached hydrogens (tertiary/aromatic N) is 1. The van der Waals surface area contributed by atoms with Gasteiger partial charge in [-0.05, 0) is 36.6 Å². The third-order valence-corrected chi connectivity index (χ3v) is 6.16. The van der Waals surface area contributed by atoms with Gasteiger partial charge < -0.3 is 4.74 Å². The van der Waals surface area contributed by atoms with Crippen molar-refractivity contribution in [1.29, 1.82) is 0 Å². The molecule has 0 bridgehead atoms. The number of hydrogen-bond acceptors (Lipinski definition) is 3. The predicted octanol–water partition coefficient (Wildman–Crippen LogP) is 4.72. The molecular weight excluding hydrogens is 358 g/mol. The Morgan fingerprint density at radius 3 is 2.48 bits per heavy atom. The van der Waals surface area contributed by atoms with E-state index in [-0.39, 0.29) is 17.2 Å². The zero-order valence-electron chi connectivity index (χ0n) is 13.9. The Morgan fingerprint density at radius 2 is 1.76 bits per heavy atom. The molecule has 0 heterocycles. The van der Waals surface area contributed by atoms with Gasteiger partial charge in [-0.1, -0.05) is 48.0 Å². The molecular formula is C19H18ClNO3S. The standard InChI is InChI=1S/C19H18ClNO3S/c1-3-21(17-10-6-8-14-7-4-5-9-16(14)17)25(22,23)19-13-15(20)11-12-18(19)24-2/h4-13H,3H2,1-2H3. The van der Waals surface area contributed by atoms with E-state index in [2.05, 4.69) is 0 Å². The first-order chi connectivity index (χ1) is 12.0. The molecule has 0 saturated carbocycles. The monoisotopic (exact) mass is 375 g/mol. The van der Waals surface area contributed by atoms with Crippen LogP contribution >= 0.6 is 11.6 Å². The number of rotatable bonds is 5. The highest BCUT2D eigenvalue weighted by molar-refractivity contribution is 7.93. The quantitative estimate of drug-likeness (QED) is 0.648. The summed E-state index contributed by atoms with van der Waals surface area (Å²) < 4.78 is 33.3. The molecule has 0 N–H and O–H groups in total. The third kappa shape index (κ3) is 3.17. The molecule has 3 aromatic rings. The van der Waals surface area contributed by atoms with Crippen LogP contribution in [-0.2, 0) is 10.0 Å². The minimum atomic E-state index is -3.84. The van der Waals surface area contributed by atoms with Crippen molar-refractivity contribution in [3.8, 4) is 5.75 Å². The van der Waals surface area contributed by atoms with Crippen LogP contribution in [0.1, 0.15) is 6.92 Å². The van der Waals surface area contributed by atoms with Crippen molar-refractivity contribution in [3.05, 3.63) is 65.7 Å². The van der Waals surface area contributed by atoms with Gasteiger partial charge in [0.15, 0.2) is 0 Å². The molecule has 0 aliphatic rings. The van der Waals surface area contributed by atoms with Gasteiger partial charge >= 0.3 is 0 Å². The van der Waals surface area contributed by atoms with Crippen molar-refractivity contribution in [3.63, 3.8) is 0 Å². The summed E-state index contributed by atoms with van der Waals surface area (Å²) in [6.45, 7) is 2.09. The molecule has 0 radical (unpaired) electrons. The summed E-state index contributed by atoms with van der Waals surface area (Å²) in [6.07, 6.45) is 0. The van der Waals surface area contributed by atoms with E-state index in [0.717, 1.165) is 10.8 Å². The van der Waals surface area contributed by atoms with Crippen LogP contribution in [0.25, 0.3) is 10.8 Å². The molecule has 0 spiro atoms. The lowest BCUT2D eigenvalue weighted by molar-refractivity contribution is 0.402. The number of methoxy groups -OCH3 is 1. The van der Waals surface area contributed by atoms with Gasteiger partial charge in [-0.3, -0.25) is 4.31 Å². The Bertz CT molecular complexity index is 1010. The Hall–Kier alpha value is -2.24. The minimum absolute atomic E-state index is 0.0530. The lowest BCUT2D eigenvalue weighted by Gasteiger charge is -2.25. The van der Waals surface area contributed by atoms with Crippen LogP contribution in [0.5, 0.6) is 5.75 Å². The van der Waals surface area contributed by atoms with Crippen molar-refractivity contribution in [1.82, 2.24) is 0 Å². The van der Waals surface area contributed by atoms with Crippen LogP contribution in [0, 0.1) is 0 Å². The molecule has 0 aliphatic heterocycles. The van der Waals surface area contributed by atoms with Crippen LogP contribution in [0.15, 0.2) is 65.6 Å². The fraction of sp³-hybridized carbons (Fsp3) is 0.158. The number of halogens is 1. The van der Waals surface area contributed by atoms with Crippen LogP contribution < -0.4 is 9.04 Å². The number of sulfonamides is 1. The van der Waals surface area contributed by atoms with E-state index in [1.807, 2.05) is 36.4 Å². The van der Waals surface area contributed by atoms with E-state index in [1.165, 1.54) is 17.5 Å². The van der Waals surface area contributed by atoms with Gasteiger partial charge in [0.05, 0.1) is 12.8 Å². The Morgan fingerprint density at radius 1 is 1.04 bits per heavy atom. The molecule has 0 fully saturated rings. The maximum atomic E-state index is 13.3. The van der Waals surface area contributed by atoms with E-state index < -0.39 is 10.0 Å². The van der Waals surface area contributed by atoms with Gasteiger partial charge in [0.2, 0.25) is 0 Å². The molecule has 6 heteroatoms. The second-order valence-corrected chi connectivity index (χ2v) is 7.73. The van der Waals surface area contributed by atoms with Gasteiger partial charge in [-0.25, -0.2) is 8.42 Å². The fourth-order valence-corrected chi connectivity index (χ4v) is 4.78. The summed E-state index contributed by atoms with van der Waals surface area (Å²) in [7, 11) is -2.40. The topological polar surface area (TPSA) is 46.6 Å². The van der Waals surface area contributed by atoms with Crippen LogP contribution in [0.4, 0.5) is 5.69 Å². The molecule has 0 amide bonds. The Labute approximate surface area is 152 Å². The summed E-state index contributed by atoms with van der Waals surface area (Å²) >= 11 is 6.03. The van der Waals surface area contributed by atoms with E-state index >= 15 is 0 Å². The molecule has 0 aromatic heterocycles. The van der Waals surface area contributed by atoms with Crippen LogP contribution in [0.2, 0.25) is 5.02 Å². The summed E-state index contributed by atoms with van der Waals surface area (Å²) in [6, 6.07) is 17.9. The first kappa shape index (κ1) is 17.6. The summed E-state index contributed by atoms with van der Waals surface area (Å²) in [4.78, 5) is 0.0530. The highest BCUT2D eigenvalue weighted by atomic mass is 35.5. The second kappa shape index (κ2) is 6.94. The predicted molar refractivity (Wildman–Crippen MR) is 102 cm³/mol. The van der Waals surface area contributed by atoms with Crippen molar-refractivity contribution in [2.24, 2.45) is 0 Å². The van der Waals surface area contributed by atoms with Crippen molar-refractivity contribution >= 4 is 38.1 Å². The first-order valence-electron chi connectivity index (χ1n) is 7.83. The SMILES string of the molecule is CCN(c1cccc2ccccc12)S(=O)(=O)c1cc(Cl)ccc1OC. The lowest BCUT2D eigenvalue weighted by atomic mass is 10.1. The van der Waals surface area contributed by atoms with Crippen molar-refractivity contribution in [2.75, 3.05) is 18.0 Å². The van der Waals surface area contributed by atoms with Crippen molar-refractivity contribution in [2.45, 2.75) is 11.8 Å². The maximum absolute atomic E-state index is 13.3. The molecule has 25 heavy (non-hydrogen) atoms. The van der Waals surface area contributed by atoms with Gasteiger partial charge in [0.25, 0.3) is 10.0 Å². The van der Waals surface area contributed by atoms with E-state index in [1.54, 1.807) is 25.1 Å². The third-order valence-electron chi connectivity index (χ3n) is 4.02. The molecule has 4 nitrogen and oxygen atoms in total. The highest BCUT2D eigenvalue weighted by Gasteiger charge is 2.28. The maximum Gasteiger partial charge on any atom is 0.268 e. The fourth-order valence-electron chi connectivity index (χ4n) is 2.87. The Kier molecular flexibility index (Phi) is 4.88. The Balaban J connectivity index is 2.22. The summed E-state index contributed by atoms with van der Waals surface area (Å²) in [5.74, 6) is 0.267. The summed E-state index contributed by atoms with van der Waals surface area (Å²) in [5, 5.41) is 2.19. The lowest BCUT2D eigenvalue weighted by Crippen LogP contribution is -2.31. The average molecular weight is 376 g/mol. The molecule has 0 aliphatic carbocycles. The zero-order valence-corrected chi connectivity index (χ0v) is 15.5. The van der Waals surface area contributed by atoms with Crippen LogP contribution in [0.3, 0.4) is 0 Å². The normalized spacial score (nSPS) is 11.5. The number of fused-ring (bicyclic) bond motifs is 1. The molecule has 3 rings (SSSR count). The molecule has 3 aromatic carbocycles. The van der Waals surface area contributed by atoms with E-state index in [9.17, 15) is 8.42 Å². The van der Waals surface area contributed by atoms with Crippen LogP contribution in [-0.4, -0.2) is 22.1 Å². The zero-order chi connectivity index (χ0) is 18.0. The number of benzene rings is 3. The summed E-state index contributed by atoms with van der Waals surface area (Å²) in [5.41, 5.74) is 0.627. The van der Waals surface area contributed by atoms with Crippen molar-refractivity contribution < 1.29 is 13.2 Å². The van der Waals surface area contributed by atoms with E-state index in [0.29, 0.717) is 10.7 Å². The minimum Gasteiger partial charge on any atom is -0.495 e. The largest absolute Gasteiger partial charge is 0.495 e. The smallest absolute Gasteiger partial charge is 0.268 e. The number of anilines is 1. The van der Waals surface area contributed by atoms with Gasteiger partial charge in [-0.15, -0.1) is 0 Å². The molecule has 0 unspecified atom stereocenters. The van der Waals surface area contributed by atoms with Gasteiger partial charge in [0, 0.05) is 17.0 Å². The van der Waals surface area contributed by atoms with E-state index in [4.69, 9.17) is 16.3 Å². The highest BCUT2D eigenvalue weighted by Crippen LogP contribution is 2.35. The van der Waals surface area contributed by atoms with Gasteiger partial charge in [0.1, 0.15) is 10.6 Å². The average Bonchev–Trinajstić information content (AvgIpc) is 2.62. The molecule has 130 valence electrons. The number of hydrogen-bond donors (Lipinski definition) is 0.